The van der Waals surface area contributed by atoms with E-state index in [0.717, 1.165) is 37.2 Å². The summed E-state index contributed by atoms with van der Waals surface area (Å²) in [7, 11) is 1.61. The fraction of sp³-hybridized carbons (Fsp3) is 0.500. The first kappa shape index (κ1) is 17.4. The molecule has 0 bridgehead atoms. The molecule has 20 heavy (non-hydrogen) atoms. The van der Waals surface area contributed by atoms with E-state index in [1.807, 2.05) is 17.0 Å². The van der Waals surface area contributed by atoms with Crippen molar-refractivity contribution in [3.63, 3.8) is 0 Å². The van der Waals surface area contributed by atoms with Crippen LogP contribution in [-0.2, 0) is 4.79 Å². The van der Waals surface area contributed by atoms with Crippen LogP contribution in [0.25, 0.3) is 0 Å². The maximum absolute atomic E-state index is 12.2. The van der Waals surface area contributed by atoms with Gasteiger partial charge in [-0.15, -0.1) is 12.4 Å². The molecule has 0 aromatic heterocycles. The van der Waals surface area contributed by atoms with Crippen molar-refractivity contribution in [2.75, 3.05) is 20.2 Å². The van der Waals surface area contributed by atoms with E-state index < -0.39 is 6.10 Å². The molecule has 0 spiro atoms. The van der Waals surface area contributed by atoms with Crippen LogP contribution in [0.1, 0.15) is 24.5 Å². The number of carbonyl (C=O) groups is 1. The van der Waals surface area contributed by atoms with Crippen molar-refractivity contribution in [1.29, 1.82) is 0 Å². The number of methoxy groups -OCH3 is 1. The van der Waals surface area contributed by atoms with E-state index in [4.69, 9.17) is 4.74 Å². The minimum atomic E-state index is -0.737. The first-order valence-corrected chi connectivity index (χ1v) is 7.89. The molecule has 112 valence electrons. The zero-order chi connectivity index (χ0) is 13.8. The monoisotopic (exact) mass is 361 g/mol. The van der Waals surface area contributed by atoms with Gasteiger partial charge in [0.1, 0.15) is 0 Å². The molecule has 1 amide bonds. The zero-order valence-corrected chi connectivity index (χ0v) is 14.7. The average molecular weight is 362 g/mol. The fourth-order valence-corrected chi connectivity index (χ4v) is 3.20. The molecule has 0 aliphatic carbocycles. The van der Waals surface area contributed by atoms with E-state index in [2.05, 4.69) is 0 Å². The predicted octanol–water partition coefficient (Wildman–Crippen LogP) is 1.19. The molecule has 0 radical (unpaired) electrons. The molecule has 1 saturated heterocycles. The Morgan fingerprint density at radius 2 is 1.85 bits per heavy atom. The predicted molar refractivity (Wildman–Crippen MR) is 83.3 cm³/mol. The van der Waals surface area contributed by atoms with Crippen LogP contribution in [0.2, 0.25) is 4.71 Å². The summed E-state index contributed by atoms with van der Waals surface area (Å²) in [4.78, 5) is 14.1. The smallest absolute Gasteiger partial charge is 0.147 e. The number of nitrogens with zero attached hydrogens (tertiary/aromatic N) is 1. The third-order valence-electron chi connectivity index (χ3n) is 3.50. The summed E-state index contributed by atoms with van der Waals surface area (Å²) >= 11 is 1.28. The van der Waals surface area contributed by atoms with Crippen LogP contribution in [0, 0.1) is 0 Å². The Bertz CT molecular complexity index is 435. The number of halogens is 1. The van der Waals surface area contributed by atoms with Crippen LogP contribution in [0.5, 0.6) is 5.75 Å². The average Bonchev–Trinajstić information content (AvgIpc) is 2.99. The molecule has 6 heteroatoms. The number of likely N-dealkylation sites (tertiary alicyclic amines) is 1. The fourth-order valence-electron chi connectivity index (χ4n) is 2.29. The van der Waals surface area contributed by atoms with Crippen LogP contribution < -0.4 is 4.74 Å². The summed E-state index contributed by atoms with van der Waals surface area (Å²) in [6, 6.07) is 7.23. The molecule has 4 nitrogen and oxygen atoms in total. The number of ether oxygens (including phenoxy) is 1. The number of hydrogen-bond acceptors (Lipinski definition) is 3. The summed E-state index contributed by atoms with van der Waals surface area (Å²) in [5.74, 6) is 0.820. The normalized spacial score (nSPS) is 17.2. The Kier molecular flexibility index (Phi) is 6.87. The molecular weight excluding hydrogens is 341 g/mol. The molecule has 3 unspecified atom stereocenters. The molecule has 1 aliphatic rings. The minimum Gasteiger partial charge on any atom is -0.147 e. The van der Waals surface area contributed by atoms with Crippen LogP contribution in [-0.4, -0.2) is 53.0 Å². The second-order valence-electron chi connectivity index (χ2n) is 4.78. The van der Waals surface area contributed by atoms with Gasteiger partial charge in [0.15, 0.2) is 0 Å². The largest absolute Gasteiger partial charge is 0.147 e. The van der Waals surface area contributed by atoms with E-state index in [-0.39, 0.29) is 23.0 Å². The van der Waals surface area contributed by atoms with Gasteiger partial charge in [0, 0.05) is 0 Å². The topological polar surface area (TPSA) is 49.8 Å². The van der Waals surface area contributed by atoms with Crippen LogP contribution in [0.3, 0.4) is 0 Å². The number of rotatable bonds is 4. The molecule has 3 atom stereocenters. The SMILES string of the molecule is COc1ccc(C(O)C([AsH2])C(=O)N2CCCC2)cc1.Cl. The van der Waals surface area contributed by atoms with Crippen molar-refractivity contribution < 1.29 is 14.6 Å². The third-order valence-corrected chi connectivity index (χ3v) is 4.86. The van der Waals surface area contributed by atoms with Crippen LogP contribution >= 0.6 is 12.4 Å². The molecule has 1 heterocycles. The van der Waals surface area contributed by atoms with Gasteiger partial charge in [-0.3, -0.25) is 0 Å². The Labute approximate surface area is 134 Å². The minimum absolute atomic E-state index is 0. The maximum atomic E-state index is 12.2. The number of amides is 1. The Balaban J connectivity index is 0.00000200. The molecular formula is C14H21AsClNO3. The molecule has 1 N–H and O–H groups in total. The molecule has 1 aromatic rings. The Hall–Kier alpha value is -0.702. The van der Waals surface area contributed by atoms with E-state index >= 15 is 0 Å². The first-order chi connectivity index (χ1) is 9.13. The number of aliphatic hydroxyl groups excluding tert-OH is 1. The first-order valence-electron chi connectivity index (χ1n) is 6.50. The van der Waals surface area contributed by atoms with Crippen molar-refractivity contribution in [3.8, 4) is 5.75 Å². The van der Waals surface area contributed by atoms with Crippen molar-refractivity contribution in [2.45, 2.75) is 23.7 Å². The standard InChI is InChI=1S/C14H20AsNO3.ClH/c1-19-11-6-4-10(5-7-11)13(17)12(15)14(18)16-8-2-3-9-16;/h4-7,12-13,17H,2-3,8-9,15H2,1H3;1H. The number of benzene rings is 1. The van der Waals surface area contributed by atoms with Gasteiger partial charge in [-0.1, -0.05) is 0 Å². The van der Waals surface area contributed by atoms with E-state index in [1.54, 1.807) is 19.2 Å². The third kappa shape index (κ3) is 3.91. The van der Waals surface area contributed by atoms with Crippen molar-refractivity contribution in [1.82, 2.24) is 4.90 Å². The van der Waals surface area contributed by atoms with Crippen LogP contribution in [0.4, 0.5) is 0 Å². The van der Waals surface area contributed by atoms with E-state index in [0.29, 0.717) is 0 Å². The molecule has 0 saturated carbocycles. The Morgan fingerprint density at radius 1 is 1.30 bits per heavy atom. The number of aliphatic hydroxyl groups is 1. The van der Waals surface area contributed by atoms with Crippen LogP contribution in [0.15, 0.2) is 24.3 Å². The van der Waals surface area contributed by atoms with Crippen molar-refractivity contribution in [2.24, 2.45) is 0 Å². The summed E-state index contributed by atoms with van der Waals surface area (Å²) in [6.07, 6.45) is 1.41. The second-order valence-corrected chi connectivity index (χ2v) is 6.28. The number of hydrogen-bond donors (Lipinski definition) is 1. The van der Waals surface area contributed by atoms with Crippen molar-refractivity contribution >= 4 is 35.2 Å². The maximum Gasteiger partial charge on any atom is -0.147 e. The zero-order valence-electron chi connectivity index (χ0n) is 11.5. The molecule has 1 fully saturated rings. The number of carbonyl (C=O) groups excluding carboxylic acids is 1. The van der Waals surface area contributed by atoms with Gasteiger partial charge in [-0.2, -0.15) is 0 Å². The van der Waals surface area contributed by atoms with Crippen molar-refractivity contribution in [3.05, 3.63) is 29.8 Å². The van der Waals surface area contributed by atoms with Gasteiger partial charge in [-0.25, -0.2) is 0 Å². The summed E-state index contributed by atoms with van der Waals surface area (Å²) < 4.78 is 4.74. The second kappa shape index (κ2) is 7.92. The summed E-state index contributed by atoms with van der Waals surface area (Å²) in [5, 5.41) is 10.3. The quantitative estimate of drug-likeness (QED) is 0.820. The van der Waals surface area contributed by atoms with E-state index in [1.165, 1.54) is 16.9 Å². The van der Waals surface area contributed by atoms with Gasteiger partial charge < -0.3 is 0 Å². The van der Waals surface area contributed by atoms with Gasteiger partial charge in [0.2, 0.25) is 0 Å². The molecule has 1 aliphatic heterocycles. The van der Waals surface area contributed by atoms with Gasteiger partial charge in [0.25, 0.3) is 0 Å². The van der Waals surface area contributed by atoms with Gasteiger partial charge >= 0.3 is 122 Å². The van der Waals surface area contributed by atoms with Gasteiger partial charge in [0.05, 0.1) is 0 Å². The summed E-state index contributed by atoms with van der Waals surface area (Å²) in [5.41, 5.74) is 0.766. The van der Waals surface area contributed by atoms with E-state index in [9.17, 15) is 9.90 Å². The summed E-state index contributed by atoms with van der Waals surface area (Å²) in [6.45, 7) is 1.66. The Morgan fingerprint density at radius 3 is 2.35 bits per heavy atom. The molecule has 2 rings (SSSR count). The molecule has 1 aromatic carbocycles. The van der Waals surface area contributed by atoms with Gasteiger partial charge in [-0.05, 0) is 0 Å².